The van der Waals surface area contributed by atoms with E-state index in [1.165, 1.54) is 0 Å². The summed E-state index contributed by atoms with van der Waals surface area (Å²) in [7, 11) is 0. The molecule has 2 atom stereocenters. The van der Waals surface area contributed by atoms with Crippen molar-refractivity contribution >= 4 is 23.3 Å². The van der Waals surface area contributed by atoms with Crippen molar-refractivity contribution in [3.05, 3.63) is 11.6 Å². The first-order chi connectivity index (χ1) is 8.19. The van der Waals surface area contributed by atoms with Gasteiger partial charge in [-0.05, 0) is 31.3 Å². The number of rotatable bonds is 4. The lowest BCUT2D eigenvalue weighted by Gasteiger charge is -2.32. The second-order valence-electron chi connectivity index (χ2n) is 4.66. The molecule has 0 radical (unpaired) electrons. The van der Waals surface area contributed by atoms with Crippen LogP contribution in [-0.4, -0.2) is 34.6 Å². The topological polar surface area (TPSA) is 37.4 Å². The van der Waals surface area contributed by atoms with Crippen molar-refractivity contribution in [2.75, 3.05) is 5.88 Å². The Balaban J connectivity index is 2.14. The van der Waals surface area contributed by atoms with Gasteiger partial charge in [0.1, 0.15) is 0 Å². The van der Waals surface area contributed by atoms with Gasteiger partial charge in [-0.3, -0.25) is 9.59 Å². The molecule has 2 aliphatic heterocycles. The van der Waals surface area contributed by atoms with Crippen molar-refractivity contribution in [1.29, 1.82) is 0 Å². The number of halogens is 1. The predicted octanol–water partition coefficient (Wildman–Crippen LogP) is 2.28. The van der Waals surface area contributed by atoms with Crippen molar-refractivity contribution in [2.24, 2.45) is 0 Å². The third-order valence-corrected chi connectivity index (χ3v) is 3.90. The van der Waals surface area contributed by atoms with Gasteiger partial charge in [0.05, 0.1) is 12.1 Å². The molecule has 0 aromatic rings. The number of carbonyl (C=O) groups is 2. The Morgan fingerprint density at radius 3 is 2.94 bits per heavy atom. The van der Waals surface area contributed by atoms with Crippen LogP contribution in [0.4, 0.5) is 0 Å². The second-order valence-corrected chi connectivity index (χ2v) is 5.04. The van der Waals surface area contributed by atoms with E-state index in [2.05, 4.69) is 0 Å². The SMILES string of the molecule is CCC1=C[C@@H]2CC[C@H](C1=O)N2C(=O)CCCCl. The van der Waals surface area contributed by atoms with Crippen LogP contribution in [0, 0.1) is 0 Å². The lowest BCUT2D eigenvalue weighted by molar-refractivity contribution is -0.138. The second kappa shape index (κ2) is 5.21. The van der Waals surface area contributed by atoms with Gasteiger partial charge in [-0.2, -0.15) is 0 Å². The summed E-state index contributed by atoms with van der Waals surface area (Å²) in [5.41, 5.74) is 0.902. The molecule has 0 aliphatic carbocycles. The standard InChI is InChI=1S/C13H18ClNO2/c1-2-9-8-10-5-6-11(13(9)17)15(10)12(16)4-3-7-14/h8,10-11H,2-7H2,1H3/t10-,11+/m0/s1. The normalized spacial score (nSPS) is 27.3. The largest absolute Gasteiger partial charge is 0.326 e. The smallest absolute Gasteiger partial charge is 0.223 e. The number of Topliss-reactive ketones (excluding diaryl/α,β-unsaturated/α-hetero) is 1. The maximum absolute atomic E-state index is 12.1. The summed E-state index contributed by atoms with van der Waals surface area (Å²) >= 11 is 5.60. The maximum atomic E-state index is 12.1. The summed E-state index contributed by atoms with van der Waals surface area (Å²) in [6.45, 7) is 1.99. The quantitative estimate of drug-likeness (QED) is 0.723. The van der Waals surface area contributed by atoms with Crippen LogP contribution < -0.4 is 0 Å². The van der Waals surface area contributed by atoms with Crippen LogP contribution in [0.25, 0.3) is 0 Å². The number of ketones is 1. The van der Waals surface area contributed by atoms with Crippen LogP contribution in [0.15, 0.2) is 11.6 Å². The molecular formula is C13H18ClNO2. The van der Waals surface area contributed by atoms with Crippen LogP contribution in [0.2, 0.25) is 0 Å². The van der Waals surface area contributed by atoms with Gasteiger partial charge < -0.3 is 4.90 Å². The summed E-state index contributed by atoms with van der Waals surface area (Å²) < 4.78 is 0. The van der Waals surface area contributed by atoms with E-state index in [-0.39, 0.29) is 23.8 Å². The molecule has 4 heteroatoms. The fraction of sp³-hybridized carbons (Fsp3) is 0.692. The van der Waals surface area contributed by atoms with Gasteiger partial charge in [0.15, 0.2) is 5.78 Å². The van der Waals surface area contributed by atoms with Gasteiger partial charge in [0.2, 0.25) is 5.91 Å². The van der Waals surface area contributed by atoms with E-state index in [1.807, 2.05) is 13.0 Å². The molecule has 0 aromatic heterocycles. The molecule has 1 fully saturated rings. The van der Waals surface area contributed by atoms with Crippen LogP contribution in [0.5, 0.6) is 0 Å². The van der Waals surface area contributed by atoms with E-state index in [0.717, 1.165) is 24.8 Å². The molecule has 0 saturated carbocycles. The number of fused-ring (bicyclic) bond motifs is 2. The van der Waals surface area contributed by atoms with Gasteiger partial charge in [-0.15, -0.1) is 11.6 Å². The highest BCUT2D eigenvalue weighted by Gasteiger charge is 2.43. The molecule has 2 rings (SSSR count). The minimum atomic E-state index is -0.192. The molecule has 17 heavy (non-hydrogen) atoms. The van der Waals surface area contributed by atoms with Gasteiger partial charge >= 0.3 is 0 Å². The van der Waals surface area contributed by atoms with Crippen molar-refractivity contribution < 1.29 is 9.59 Å². The van der Waals surface area contributed by atoms with E-state index in [1.54, 1.807) is 4.90 Å². The minimum Gasteiger partial charge on any atom is -0.326 e. The average molecular weight is 256 g/mol. The Morgan fingerprint density at radius 1 is 1.53 bits per heavy atom. The first-order valence-electron chi connectivity index (χ1n) is 6.31. The molecule has 0 N–H and O–H groups in total. The average Bonchev–Trinajstić information content (AvgIpc) is 2.68. The summed E-state index contributed by atoms with van der Waals surface area (Å²) in [5, 5.41) is 0. The Morgan fingerprint density at radius 2 is 2.29 bits per heavy atom. The Kier molecular flexibility index (Phi) is 3.87. The van der Waals surface area contributed by atoms with Crippen LogP contribution in [-0.2, 0) is 9.59 Å². The molecular weight excluding hydrogens is 238 g/mol. The first-order valence-corrected chi connectivity index (χ1v) is 6.84. The van der Waals surface area contributed by atoms with Gasteiger partial charge in [-0.1, -0.05) is 13.0 Å². The highest BCUT2D eigenvalue weighted by Crippen LogP contribution is 2.34. The zero-order chi connectivity index (χ0) is 12.4. The van der Waals surface area contributed by atoms with E-state index in [9.17, 15) is 9.59 Å². The Hall–Kier alpha value is -0.830. The molecule has 1 saturated heterocycles. The number of nitrogens with zero attached hydrogens (tertiary/aromatic N) is 1. The molecule has 2 bridgehead atoms. The number of hydrogen-bond acceptors (Lipinski definition) is 2. The third-order valence-electron chi connectivity index (χ3n) is 3.63. The highest BCUT2D eigenvalue weighted by atomic mass is 35.5. The lowest BCUT2D eigenvalue weighted by atomic mass is 9.97. The summed E-state index contributed by atoms with van der Waals surface area (Å²) in [4.78, 5) is 25.9. The van der Waals surface area contributed by atoms with Crippen molar-refractivity contribution in [3.8, 4) is 0 Å². The molecule has 2 heterocycles. The molecule has 3 nitrogen and oxygen atoms in total. The zero-order valence-corrected chi connectivity index (χ0v) is 10.9. The monoisotopic (exact) mass is 255 g/mol. The van der Waals surface area contributed by atoms with Crippen molar-refractivity contribution in [1.82, 2.24) is 4.90 Å². The fourth-order valence-corrected chi connectivity index (χ4v) is 2.92. The molecule has 0 spiro atoms. The van der Waals surface area contributed by atoms with Crippen LogP contribution in [0.1, 0.15) is 39.0 Å². The lowest BCUT2D eigenvalue weighted by Crippen LogP contribution is -2.47. The Bertz CT molecular complexity index is 364. The Labute approximate surface area is 107 Å². The highest BCUT2D eigenvalue weighted by molar-refractivity contribution is 6.17. The number of hydrogen-bond donors (Lipinski definition) is 0. The van der Waals surface area contributed by atoms with Crippen LogP contribution in [0.3, 0.4) is 0 Å². The molecule has 94 valence electrons. The molecule has 2 aliphatic rings. The molecule has 0 aromatic carbocycles. The van der Waals surface area contributed by atoms with E-state index in [0.29, 0.717) is 18.7 Å². The third kappa shape index (κ3) is 2.25. The number of carbonyl (C=O) groups excluding carboxylic acids is 2. The van der Waals surface area contributed by atoms with Crippen molar-refractivity contribution in [3.63, 3.8) is 0 Å². The predicted molar refractivity (Wildman–Crippen MR) is 67.0 cm³/mol. The van der Waals surface area contributed by atoms with E-state index in [4.69, 9.17) is 11.6 Å². The van der Waals surface area contributed by atoms with E-state index < -0.39 is 0 Å². The number of alkyl halides is 1. The zero-order valence-electron chi connectivity index (χ0n) is 10.1. The first kappa shape index (κ1) is 12.6. The van der Waals surface area contributed by atoms with Crippen LogP contribution >= 0.6 is 11.6 Å². The van der Waals surface area contributed by atoms with Gasteiger partial charge in [-0.25, -0.2) is 0 Å². The summed E-state index contributed by atoms with van der Waals surface area (Å²) in [6.07, 6.45) is 5.65. The maximum Gasteiger partial charge on any atom is 0.223 e. The summed E-state index contributed by atoms with van der Waals surface area (Å²) in [5.74, 6) is 0.734. The fourth-order valence-electron chi connectivity index (χ4n) is 2.79. The summed E-state index contributed by atoms with van der Waals surface area (Å²) in [6, 6.07) is -0.0433. The van der Waals surface area contributed by atoms with E-state index >= 15 is 0 Å². The minimum absolute atomic E-state index is 0.0814. The van der Waals surface area contributed by atoms with Crippen molar-refractivity contribution in [2.45, 2.75) is 51.1 Å². The molecule has 1 amide bonds. The van der Waals surface area contributed by atoms with Gasteiger partial charge in [0.25, 0.3) is 0 Å². The molecule has 0 unspecified atom stereocenters. The number of amides is 1. The van der Waals surface area contributed by atoms with Gasteiger partial charge in [0, 0.05) is 12.3 Å².